The average molecular weight is 263 g/mol. The molecular weight excluding hydrogens is 246 g/mol. The number of hydrogen-bond acceptors (Lipinski definition) is 5. The summed E-state index contributed by atoms with van der Waals surface area (Å²) in [6.07, 6.45) is 0.838. The highest BCUT2D eigenvalue weighted by atomic mass is 16.3. The number of carbonyl (C=O) groups is 2. The van der Waals surface area contributed by atoms with Crippen molar-refractivity contribution < 1.29 is 14.7 Å². The third-order valence-electron chi connectivity index (χ3n) is 3.21. The summed E-state index contributed by atoms with van der Waals surface area (Å²) >= 11 is 0. The fourth-order valence-corrected chi connectivity index (χ4v) is 2.16. The summed E-state index contributed by atoms with van der Waals surface area (Å²) < 4.78 is 0. The van der Waals surface area contributed by atoms with Crippen molar-refractivity contribution in [1.82, 2.24) is 0 Å². The van der Waals surface area contributed by atoms with Crippen LogP contribution in [0.2, 0.25) is 0 Å². The fourth-order valence-electron chi connectivity index (χ4n) is 2.16. The minimum absolute atomic E-state index is 0.255. The maximum Gasteiger partial charge on any atom is 0.253 e. The van der Waals surface area contributed by atoms with Gasteiger partial charge in [-0.05, 0) is 23.6 Å². The number of imide groups is 1. The van der Waals surface area contributed by atoms with Gasteiger partial charge in [0.1, 0.15) is 6.04 Å². The number of aliphatic hydroxyl groups is 1. The van der Waals surface area contributed by atoms with Crippen LogP contribution in [0.5, 0.6) is 0 Å². The molecule has 1 unspecified atom stereocenters. The van der Waals surface area contributed by atoms with E-state index in [2.05, 4.69) is 0 Å². The molecule has 1 atom stereocenters. The Morgan fingerprint density at radius 3 is 2.79 bits per heavy atom. The van der Waals surface area contributed by atoms with E-state index >= 15 is 0 Å². The lowest BCUT2D eigenvalue weighted by Gasteiger charge is -2.29. The Hall–Kier alpha value is -1.76. The number of nitrogens with two attached hydrogens (primary N) is 2. The van der Waals surface area contributed by atoms with Crippen molar-refractivity contribution in [3.8, 4) is 0 Å². The number of hydrogen-bond donors (Lipinski definition) is 3. The molecule has 2 rings (SSSR count). The lowest BCUT2D eigenvalue weighted by molar-refractivity contribution is -0.128. The molecule has 0 aliphatic carbocycles. The van der Waals surface area contributed by atoms with E-state index in [1.807, 2.05) is 6.07 Å². The minimum atomic E-state index is -1.08. The first-order valence-electron chi connectivity index (χ1n) is 6.13. The van der Waals surface area contributed by atoms with E-state index < -0.39 is 18.6 Å². The number of amides is 2. The van der Waals surface area contributed by atoms with Crippen LogP contribution in [0, 0.1) is 0 Å². The van der Waals surface area contributed by atoms with Crippen molar-refractivity contribution in [2.75, 3.05) is 11.5 Å². The van der Waals surface area contributed by atoms with E-state index in [-0.39, 0.29) is 12.3 Å². The van der Waals surface area contributed by atoms with Crippen LogP contribution in [-0.4, -0.2) is 29.6 Å². The molecule has 1 aromatic carbocycles. The van der Waals surface area contributed by atoms with Crippen molar-refractivity contribution in [1.29, 1.82) is 0 Å². The molecule has 0 spiro atoms. The van der Waals surface area contributed by atoms with Crippen molar-refractivity contribution >= 4 is 17.5 Å². The zero-order valence-corrected chi connectivity index (χ0v) is 10.5. The van der Waals surface area contributed by atoms with Crippen LogP contribution in [0.1, 0.15) is 17.5 Å². The van der Waals surface area contributed by atoms with E-state index in [0.29, 0.717) is 18.7 Å². The molecule has 1 aliphatic heterocycles. The first-order valence-corrected chi connectivity index (χ1v) is 6.13. The van der Waals surface area contributed by atoms with Crippen LogP contribution in [0.15, 0.2) is 18.2 Å². The maximum absolute atomic E-state index is 12.1. The summed E-state index contributed by atoms with van der Waals surface area (Å²) in [4.78, 5) is 25.0. The largest absolute Gasteiger partial charge is 0.394 e. The van der Waals surface area contributed by atoms with E-state index in [0.717, 1.165) is 16.0 Å². The van der Waals surface area contributed by atoms with E-state index in [4.69, 9.17) is 16.6 Å². The van der Waals surface area contributed by atoms with Gasteiger partial charge in [0, 0.05) is 13.0 Å². The first kappa shape index (κ1) is 13.7. The van der Waals surface area contributed by atoms with Gasteiger partial charge in [-0.25, -0.2) is 4.90 Å². The van der Waals surface area contributed by atoms with Crippen molar-refractivity contribution in [3.05, 3.63) is 29.3 Å². The summed E-state index contributed by atoms with van der Waals surface area (Å²) in [6.45, 7) is -0.0792. The Labute approximate surface area is 111 Å². The van der Waals surface area contributed by atoms with Crippen LogP contribution in [-0.2, 0) is 22.6 Å². The second kappa shape index (κ2) is 5.48. The van der Waals surface area contributed by atoms with Crippen molar-refractivity contribution in [3.63, 3.8) is 0 Å². The predicted octanol–water partition coefficient (Wildman–Crippen LogP) is -0.729. The van der Waals surface area contributed by atoms with Gasteiger partial charge in [-0.15, -0.1) is 0 Å². The highest BCUT2D eigenvalue weighted by Crippen LogP contribution is 2.29. The molecule has 0 aromatic heterocycles. The molecule has 0 radical (unpaired) electrons. The summed E-state index contributed by atoms with van der Waals surface area (Å²) in [7, 11) is 0. The summed E-state index contributed by atoms with van der Waals surface area (Å²) in [5.41, 5.74) is 13.5. The molecule has 0 fully saturated rings. The van der Waals surface area contributed by atoms with Crippen molar-refractivity contribution in [2.24, 2.45) is 11.5 Å². The molecule has 1 aromatic rings. The minimum Gasteiger partial charge on any atom is -0.394 e. The SMILES string of the molecule is NCc1ccc2c(c1)CCC(=O)N2C(=O)C(N)CO. The topological polar surface area (TPSA) is 110 Å². The van der Waals surface area contributed by atoms with E-state index in [1.165, 1.54) is 0 Å². The average Bonchev–Trinajstić information content (AvgIpc) is 2.45. The lowest BCUT2D eigenvalue weighted by atomic mass is 9.98. The first-order chi connectivity index (χ1) is 9.08. The monoisotopic (exact) mass is 263 g/mol. The van der Waals surface area contributed by atoms with Gasteiger partial charge in [-0.1, -0.05) is 12.1 Å². The normalized spacial score (nSPS) is 16.2. The third-order valence-corrected chi connectivity index (χ3v) is 3.21. The number of nitrogens with zero attached hydrogens (tertiary/aromatic N) is 1. The second-order valence-electron chi connectivity index (χ2n) is 4.52. The number of aliphatic hydroxyl groups excluding tert-OH is 1. The van der Waals surface area contributed by atoms with Crippen LogP contribution >= 0.6 is 0 Å². The number of anilines is 1. The van der Waals surface area contributed by atoms with Crippen LogP contribution in [0.25, 0.3) is 0 Å². The van der Waals surface area contributed by atoms with Gasteiger partial charge in [0.05, 0.1) is 12.3 Å². The second-order valence-corrected chi connectivity index (χ2v) is 4.52. The fraction of sp³-hybridized carbons (Fsp3) is 0.385. The van der Waals surface area contributed by atoms with Crippen LogP contribution in [0.3, 0.4) is 0 Å². The number of carbonyl (C=O) groups excluding carboxylic acids is 2. The van der Waals surface area contributed by atoms with Gasteiger partial charge in [-0.3, -0.25) is 9.59 Å². The Morgan fingerprint density at radius 1 is 1.42 bits per heavy atom. The van der Waals surface area contributed by atoms with Crippen molar-refractivity contribution in [2.45, 2.75) is 25.4 Å². The van der Waals surface area contributed by atoms with Crippen LogP contribution < -0.4 is 16.4 Å². The maximum atomic E-state index is 12.1. The number of fused-ring (bicyclic) bond motifs is 1. The zero-order valence-electron chi connectivity index (χ0n) is 10.5. The number of aryl methyl sites for hydroxylation is 1. The highest BCUT2D eigenvalue weighted by molar-refractivity contribution is 6.18. The zero-order chi connectivity index (χ0) is 14.0. The van der Waals surface area contributed by atoms with Crippen LogP contribution in [0.4, 0.5) is 5.69 Å². The number of rotatable bonds is 3. The Bertz CT molecular complexity index is 516. The highest BCUT2D eigenvalue weighted by Gasteiger charge is 2.32. The van der Waals surface area contributed by atoms with E-state index in [1.54, 1.807) is 12.1 Å². The van der Waals surface area contributed by atoms with Gasteiger partial charge in [0.25, 0.3) is 5.91 Å². The molecule has 0 saturated carbocycles. The van der Waals surface area contributed by atoms with E-state index in [9.17, 15) is 9.59 Å². The Balaban J connectivity index is 2.41. The van der Waals surface area contributed by atoms with Gasteiger partial charge < -0.3 is 16.6 Å². The van der Waals surface area contributed by atoms with Gasteiger partial charge >= 0.3 is 0 Å². The van der Waals surface area contributed by atoms with Gasteiger partial charge in [0.2, 0.25) is 5.91 Å². The molecule has 1 heterocycles. The third kappa shape index (κ3) is 2.51. The molecule has 102 valence electrons. The number of benzene rings is 1. The molecule has 6 heteroatoms. The summed E-state index contributed by atoms with van der Waals surface area (Å²) in [5.74, 6) is -0.865. The molecule has 1 aliphatic rings. The van der Waals surface area contributed by atoms with Gasteiger partial charge in [-0.2, -0.15) is 0 Å². The predicted molar refractivity (Wildman–Crippen MR) is 70.2 cm³/mol. The standard InChI is InChI=1S/C13H17N3O3/c14-6-8-1-3-11-9(5-8)2-4-12(18)16(11)13(19)10(15)7-17/h1,3,5,10,17H,2,4,6-7,14-15H2. The quantitative estimate of drug-likeness (QED) is 0.666. The molecule has 0 bridgehead atoms. The Kier molecular flexibility index (Phi) is 3.94. The summed E-state index contributed by atoms with van der Waals surface area (Å²) in [5, 5.41) is 8.95. The molecule has 2 amide bonds. The molecule has 0 saturated heterocycles. The smallest absolute Gasteiger partial charge is 0.253 e. The molecule has 5 N–H and O–H groups in total. The van der Waals surface area contributed by atoms with Gasteiger partial charge in [0.15, 0.2) is 0 Å². The molecular formula is C13H17N3O3. The molecule has 6 nitrogen and oxygen atoms in total. The lowest BCUT2D eigenvalue weighted by Crippen LogP contribution is -2.50. The summed E-state index contributed by atoms with van der Waals surface area (Å²) in [6, 6.07) is 4.30. The molecule has 19 heavy (non-hydrogen) atoms. The Morgan fingerprint density at radius 2 is 2.16 bits per heavy atom.